The van der Waals surface area contributed by atoms with Gasteiger partial charge in [0.15, 0.2) is 5.78 Å². The summed E-state index contributed by atoms with van der Waals surface area (Å²) in [5, 5.41) is 4.42. The molecule has 0 saturated carbocycles. The summed E-state index contributed by atoms with van der Waals surface area (Å²) in [6.45, 7) is 7.13. The molecule has 1 aliphatic rings. The van der Waals surface area contributed by atoms with E-state index in [1.807, 2.05) is 24.3 Å². The first-order valence-electron chi connectivity index (χ1n) is 7.20. The van der Waals surface area contributed by atoms with Gasteiger partial charge in [-0.2, -0.15) is 0 Å². The van der Waals surface area contributed by atoms with Crippen LogP contribution in [0.2, 0.25) is 0 Å². The molecule has 1 aliphatic carbocycles. The van der Waals surface area contributed by atoms with Gasteiger partial charge in [0, 0.05) is 18.4 Å². The number of carbonyl (C=O) groups is 1. The molecule has 21 heavy (non-hydrogen) atoms. The second kappa shape index (κ2) is 5.64. The van der Waals surface area contributed by atoms with E-state index in [9.17, 15) is 4.79 Å². The van der Waals surface area contributed by atoms with E-state index in [1.165, 1.54) is 0 Å². The highest BCUT2D eigenvalue weighted by molar-refractivity contribution is 6.10. The van der Waals surface area contributed by atoms with Gasteiger partial charge in [-0.1, -0.05) is 32.0 Å². The van der Waals surface area contributed by atoms with Crippen LogP contribution < -0.4 is 5.32 Å². The van der Waals surface area contributed by atoms with E-state index in [1.54, 1.807) is 0 Å². The summed E-state index contributed by atoms with van der Waals surface area (Å²) in [4.78, 5) is 17.3. The predicted molar refractivity (Wildman–Crippen MR) is 89.6 cm³/mol. The number of pyridine rings is 1. The predicted octanol–water partition coefficient (Wildman–Crippen LogP) is 4.24. The summed E-state index contributed by atoms with van der Waals surface area (Å²) in [6.07, 6.45) is 1.45. The number of benzene rings is 1. The zero-order valence-electron chi connectivity index (χ0n) is 12.7. The van der Waals surface area contributed by atoms with E-state index in [2.05, 4.69) is 26.1 Å². The molecule has 0 unspecified atom stereocenters. The number of nitrogens with zero attached hydrogens (tertiary/aromatic N) is 1. The molecule has 0 saturated heterocycles. The van der Waals surface area contributed by atoms with Gasteiger partial charge in [-0.25, -0.2) is 0 Å². The Labute approximate surface area is 131 Å². The zero-order chi connectivity index (χ0) is 14.3. The quantitative estimate of drug-likeness (QED) is 0.902. The highest BCUT2D eigenvalue weighted by Gasteiger charge is 2.34. The molecule has 1 N–H and O–H groups in total. The van der Waals surface area contributed by atoms with Gasteiger partial charge < -0.3 is 5.32 Å². The largest absolute Gasteiger partial charge is 0.384 e. The Morgan fingerprint density at radius 2 is 1.95 bits per heavy atom. The number of hydrogen-bond acceptors (Lipinski definition) is 3. The van der Waals surface area contributed by atoms with Crippen LogP contribution in [0.25, 0.3) is 10.9 Å². The number of fused-ring (bicyclic) bond motifs is 2. The number of para-hydroxylation sites is 1. The lowest BCUT2D eigenvalue weighted by atomic mass is 9.75. The molecule has 0 radical (unpaired) electrons. The Bertz CT molecular complexity index is 694. The molecule has 0 amide bonds. The second-order valence-electron chi connectivity index (χ2n) is 6.30. The Morgan fingerprint density at radius 3 is 2.67 bits per heavy atom. The van der Waals surface area contributed by atoms with E-state index in [0.717, 1.165) is 40.8 Å². The molecule has 2 aromatic rings. The first-order valence-corrected chi connectivity index (χ1v) is 7.20. The Morgan fingerprint density at radius 1 is 1.24 bits per heavy atom. The minimum Gasteiger partial charge on any atom is -0.384 e. The minimum absolute atomic E-state index is 0. The number of rotatable bonds is 2. The maximum Gasteiger partial charge on any atom is 0.167 e. The third-order valence-electron chi connectivity index (χ3n) is 3.88. The number of halogens is 1. The van der Waals surface area contributed by atoms with Crippen LogP contribution in [0.3, 0.4) is 0 Å². The molecule has 112 valence electrons. The maximum absolute atomic E-state index is 12.6. The summed E-state index contributed by atoms with van der Waals surface area (Å²) in [7, 11) is 0. The van der Waals surface area contributed by atoms with Crippen molar-refractivity contribution >= 4 is 34.8 Å². The number of nitrogens with one attached hydrogen (secondary N) is 1. The summed E-state index contributed by atoms with van der Waals surface area (Å²) in [5.74, 6) is 0.213. The van der Waals surface area contributed by atoms with E-state index in [4.69, 9.17) is 4.98 Å². The standard InChI is InChI=1S/C17H20N2O.ClH/c1-4-18-16-11-7-5-6-8-12(11)19-13-9-17(2,3)10-14(20)15(13)16;/h5-8H,4,9-10H2,1-3H3,(H,18,19);1H. The third-order valence-corrected chi connectivity index (χ3v) is 3.88. The molecule has 0 atom stereocenters. The topological polar surface area (TPSA) is 42.0 Å². The number of hydrogen-bond donors (Lipinski definition) is 1. The van der Waals surface area contributed by atoms with Crippen LogP contribution in [-0.2, 0) is 6.42 Å². The van der Waals surface area contributed by atoms with Crippen molar-refractivity contribution in [3.63, 3.8) is 0 Å². The molecule has 3 nitrogen and oxygen atoms in total. The third kappa shape index (κ3) is 2.75. The highest BCUT2D eigenvalue weighted by Crippen LogP contribution is 2.39. The number of carbonyl (C=O) groups excluding carboxylic acids is 1. The molecule has 0 spiro atoms. The van der Waals surface area contributed by atoms with Gasteiger partial charge in [0.05, 0.1) is 22.5 Å². The minimum atomic E-state index is 0. The van der Waals surface area contributed by atoms with E-state index >= 15 is 0 Å². The maximum atomic E-state index is 12.6. The van der Waals surface area contributed by atoms with Crippen LogP contribution in [0.5, 0.6) is 0 Å². The van der Waals surface area contributed by atoms with Crippen molar-refractivity contribution in [1.82, 2.24) is 4.98 Å². The van der Waals surface area contributed by atoms with Crippen molar-refractivity contribution in [2.75, 3.05) is 11.9 Å². The summed E-state index contributed by atoms with van der Waals surface area (Å²) < 4.78 is 0. The normalized spacial score (nSPS) is 16.2. The fraction of sp³-hybridized carbons (Fsp3) is 0.412. The van der Waals surface area contributed by atoms with Gasteiger partial charge in [0.1, 0.15) is 0 Å². The van der Waals surface area contributed by atoms with Gasteiger partial charge in [-0.05, 0) is 24.8 Å². The van der Waals surface area contributed by atoms with Crippen LogP contribution >= 0.6 is 12.4 Å². The van der Waals surface area contributed by atoms with Crippen molar-refractivity contribution in [3.8, 4) is 0 Å². The molecular weight excluding hydrogens is 284 g/mol. The summed E-state index contributed by atoms with van der Waals surface area (Å²) in [6, 6.07) is 8.04. The van der Waals surface area contributed by atoms with Crippen molar-refractivity contribution in [3.05, 3.63) is 35.5 Å². The van der Waals surface area contributed by atoms with Gasteiger partial charge in [-0.15, -0.1) is 12.4 Å². The first kappa shape index (κ1) is 15.8. The van der Waals surface area contributed by atoms with Crippen molar-refractivity contribution in [2.24, 2.45) is 5.41 Å². The lowest BCUT2D eigenvalue weighted by Crippen LogP contribution is -2.29. The van der Waals surface area contributed by atoms with Crippen LogP contribution in [0.15, 0.2) is 24.3 Å². The Hall–Kier alpha value is -1.61. The SMILES string of the molecule is CCNc1c2c(nc3ccccc13)CC(C)(C)CC2=O.Cl. The number of Topliss-reactive ketones (excluding diaryl/α,β-unsaturated/α-hetero) is 1. The van der Waals surface area contributed by atoms with Gasteiger partial charge in [0.2, 0.25) is 0 Å². The first-order chi connectivity index (χ1) is 9.52. The van der Waals surface area contributed by atoms with Gasteiger partial charge >= 0.3 is 0 Å². The van der Waals surface area contributed by atoms with Crippen LogP contribution in [0, 0.1) is 5.41 Å². The monoisotopic (exact) mass is 304 g/mol. The molecule has 4 heteroatoms. The molecule has 0 bridgehead atoms. The average Bonchev–Trinajstić information content (AvgIpc) is 2.36. The van der Waals surface area contributed by atoms with Crippen molar-refractivity contribution < 1.29 is 4.79 Å². The number of ketones is 1. The second-order valence-corrected chi connectivity index (χ2v) is 6.30. The van der Waals surface area contributed by atoms with E-state index < -0.39 is 0 Å². The summed E-state index contributed by atoms with van der Waals surface area (Å²) >= 11 is 0. The van der Waals surface area contributed by atoms with E-state index in [0.29, 0.717) is 6.42 Å². The molecule has 1 aromatic heterocycles. The molecule has 0 aliphatic heterocycles. The van der Waals surface area contributed by atoms with Crippen LogP contribution in [-0.4, -0.2) is 17.3 Å². The lowest BCUT2D eigenvalue weighted by molar-refractivity contribution is 0.0911. The van der Waals surface area contributed by atoms with Gasteiger partial charge in [0.25, 0.3) is 0 Å². The van der Waals surface area contributed by atoms with Crippen LogP contribution in [0.1, 0.15) is 43.2 Å². The fourth-order valence-electron chi connectivity index (χ4n) is 3.09. The number of anilines is 1. The zero-order valence-corrected chi connectivity index (χ0v) is 13.5. The molecule has 3 rings (SSSR count). The highest BCUT2D eigenvalue weighted by atomic mass is 35.5. The Balaban J connectivity index is 0.00000161. The van der Waals surface area contributed by atoms with Gasteiger partial charge in [-0.3, -0.25) is 9.78 Å². The average molecular weight is 305 g/mol. The Kier molecular flexibility index (Phi) is 4.24. The number of aromatic nitrogens is 1. The summed E-state index contributed by atoms with van der Waals surface area (Å²) in [5.41, 5.74) is 3.69. The van der Waals surface area contributed by atoms with Crippen molar-refractivity contribution in [1.29, 1.82) is 0 Å². The smallest absolute Gasteiger partial charge is 0.167 e. The molecule has 1 aromatic carbocycles. The van der Waals surface area contributed by atoms with E-state index in [-0.39, 0.29) is 23.6 Å². The lowest BCUT2D eigenvalue weighted by Gasteiger charge is -2.31. The molecule has 0 fully saturated rings. The van der Waals surface area contributed by atoms with Crippen molar-refractivity contribution in [2.45, 2.75) is 33.6 Å². The fourth-order valence-corrected chi connectivity index (χ4v) is 3.09. The molecule has 1 heterocycles. The molecular formula is C17H21ClN2O. The van der Waals surface area contributed by atoms with Crippen LogP contribution in [0.4, 0.5) is 5.69 Å².